The summed E-state index contributed by atoms with van der Waals surface area (Å²) in [6.07, 6.45) is 0. The largest absolute Gasteiger partial charge is 0.466 e. The lowest BCUT2D eigenvalue weighted by atomic mass is 10.1. The molecule has 1 atom stereocenters. The van der Waals surface area contributed by atoms with Gasteiger partial charge in [-0.1, -0.05) is 23.2 Å². The van der Waals surface area contributed by atoms with Gasteiger partial charge in [-0.15, -0.1) is 0 Å². The molecule has 2 aromatic heterocycles. The van der Waals surface area contributed by atoms with Crippen molar-refractivity contribution in [3.8, 4) is 0 Å². The fraction of sp³-hybridized carbons (Fsp3) is 0.235. The quantitative estimate of drug-likeness (QED) is 0.683. The molecule has 1 aromatic carbocycles. The number of rotatable bonds is 3. The number of H-pyrrole nitrogens is 1. The second-order valence-corrected chi connectivity index (χ2v) is 6.38. The second kappa shape index (κ2) is 5.95. The molecule has 0 fully saturated rings. The molecule has 0 aliphatic rings. The van der Waals surface area contributed by atoms with Gasteiger partial charge >= 0.3 is 0 Å². The molecule has 0 saturated heterocycles. The molecule has 3 rings (SSSR count). The fourth-order valence-corrected chi connectivity index (χ4v) is 3.18. The number of benzene rings is 1. The average molecular weight is 351 g/mol. The van der Waals surface area contributed by atoms with Gasteiger partial charge in [-0.25, -0.2) is 0 Å². The first-order valence-corrected chi connectivity index (χ1v) is 7.97. The van der Waals surface area contributed by atoms with Crippen molar-refractivity contribution in [3.63, 3.8) is 0 Å². The lowest BCUT2D eigenvalue weighted by Gasteiger charge is -2.12. The SMILES string of the molecule is Cc1cc(C(C)NC(=O)c2[nH]c3ccc(Cl)cc3c2Cl)c(C)o1. The topological polar surface area (TPSA) is 58.0 Å². The summed E-state index contributed by atoms with van der Waals surface area (Å²) in [5.41, 5.74) is 2.05. The summed E-state index contributed by atoms with van der Waals surface area (Å²) in [6.45, 7) is 5.66. The summed E-state index contributed by atoms with van der Waals surface area (Å²) < 4.78 is 5.51. The van der Waals surface area contributed by atoms with E-state index in [4.69, 9.17) is 27.6 Å². The van der Waals surface area contributed by atoms with Gasteiger partial charge in [-0.2, -0.15) is 0 Å². The minimum Gasteiger partial charge on any atom is -0.466 e. The number of aromatic nitrogens is 1. The molecule has 0 aliphatic heterocycles. The van der Waals surface area contributed by atoms with Crippen LogP contribution in [0.4, 0.5) is 0 Å². The Labute approximate surface area is 143 Å². The fourth-order valence-electron chi connectivity index (χ4n) is 2.71. The van der Waals surface area contributed by atoms with Crippen LogP contribution in [0.5, 0.6) is 0 Å². The summed E-state index contributed by atoms with van der Waals surface area (Å²) in [6, 6.07) is 7.02. The van der Waals surface area contributed by atoms with Crippen molar-refractivity contribution in [3.05, 3.63) is 57.1 Å². The number of hydrogen-bond acceptors (Lipinski definition) is 2. The Hall–Kier alpha value is -1.91. The van der Waals surface area contributed by atoms with Gasteiger partial charge in [-0.05, 0) is 45.0 Å². The Morgan fingerprint density at radius 3 is 2.65 bits per heavy atom. The van der Waals surface area contributed by atoms with Crippen molar-refractivity contribution in [1.29, 1.82) is 0 Å². The number of furan rings is 1. The van der Waals surface area contributed by atoms with Gasteiger partial charge in [0.15, 0.2) is 0 Å². The summed E-state index contributed by atoms with van der Waals surface area (Å²) in [5.74, 6) is 1.34. The van der Waals surface area contributed by atoms with E-state index in [1.54, 1.807) is 18.2 Å². The molecule has 23 heavy (non-hydrogen) atoms. The molecule has 0 spiro atoms. The maximum absolute atomic E-state index is 12.5. The van der Waals surface area contributed by atoms with Gasteiger partial charge in [0.2, 0.25) is 0 Å². The van der Waals surface area contributed by atoms with Crippen LogP contribution >= 0.6 is 23.2 Å². The minimum atomic E-state index is -0.270. The van der Waals surface area contributed by atoms with Crippen LogP contribution < -0.4 is 5.32 Å². The first-order valence-electron chi connectivity index (χ1n) is 7.21. The molecule has 1 unspecified atom stereocenters. The van der Waals surface area contributed by atoms with E-state index in [9.17, 15) is 4.79 Å². The predicted octanol–water partition coefficient (Wildman–Crippen LogP) is 5.18. The van der Waals surface area contributed by atoms with Crippen molar-refractivity contribution in [2.45, 2.75) is 26.8 Å². The van der Waals surface area contributed by atoms with Crippen LogP contribution in [0.25, 0.3) is 10.9 Å². The minimum absolute atomic E-state index is 0.189. The number of aryl methyl sites for hydroxylation is 2. The summed E-state index contributed by atoms with van der Waals surface area (Å²) >= 11 is 12.3. The van der Waals surface area contributed by atoms with Gasteiger partial charge in [0.25, 0.3) is 5.91 Å². The first-order chi connectivity index (χ1) is 10.9. The zero-order valence-corrected chi connectivity index (χ0v) is 14.5. The van der Waals surface area contributed by atoms with E-state index in [2.05, 4.69) is 10.3 Å². The second-order valence-electron chi connectivity index (χ2n) is 5.57. The number of nitrogens with one attached hydrogen (secondary N) is 2. The Kier molecular flexibility index (Phi) is 4.13. The van der Waals surface area contributed by atoms with Crippen molar-refractivity contribution >= 4 is 40.0 Å². The lowest BCUT2D eigenvalue weighted by Crippen LogP contribution is -2.27. The molecule has 0 aliphatic carbocycles. The molecule has 120 valence electrons. The molecule has 2 N–H and O–H groups in total. The van der Waals surface area contributed by atoms with E-state index in [1.807, 2.05) is 26.8 Å². The van der Waals surface area contributed by atoms with E-state index in [1.165, 1.54) is 0 Å². The summed E-state index contributed by atoms with van der Waals surface area (Å²) in [4.78, 5) is 15.6. The van der Waals surface area contributed by atoms with Gasteiger partial charge in [-0.3, -0.25) is 4.79 Å². The summed E-state index contributed by atoms with van der Waals surface area (Å²) in [7, 11) is 0. The lowest BCUT2D eigenvalue weighted by molar-refractivity contribution is 0.0935. The maximum Gasteiger partial charge on any atom is 0.269 e. The predicted molar refractivity (Wildman–Crippen MR) is 92.4 cm³/mol. The first kappa shape index (κ1) is 16.0. The zero-order valence-electron chi connectivity index (χ0n) is 13.0. The third-order valence-electron chi connectivity index (χ3n) is 3.82. The number of aromatic amines is 1. The molecule has 0 saturated carbocycles. The molecular formula is C17H16Cl2N2O2. The van der Waals surface area contributed by atoms with E-state index in [0.29, 0.717) is 15.7 Å². The van der Waals surface area contributed by atoms with E-state index >= 15 is 0 Å². The smallest absolute Gasteiger partial charge is 0.269 e. The molecule has 2 heterocycles. The number of fused-ring (bicyclic) bond motifs is 1. The molecule has 3 aromatic rings. The number of halogens is 2. The summed E-state index contributed by atoms with van der Waals surface area (Å²) in [5, 5.41) is 4.60. The number of amides is 1. The highest BCUT2D eigenvalue weighted by molar-refractivity contribution is 6.39. The van der Waals surface area contributed by atoms with E-state index in [0.717, 1.165) is 28.0 Å². The van der Waals surface area contributed by atoms with E-state index < -0.39 is 0 Å². The highest BCUT2D eigenvalue weighted by Gasteiger charge is 2.20. The third-order valence-corrected chi connectivity index (χ3v) is 4.45. The molecular weight excluding hydrogens is 335 g/mol. The molecule has 6 heteroatoms. The van der Waals surface area contributed by atoms with Crippen LogP contribution in [0.3, 0.4) is 0 Å². The van der Waals surface area contributed by atoms with Gasteiger partial charge in [0.05, 0.1) is 11.1 Å². The van der Waals surface area contributed by atoms with Crippen LogP contribution in [0.1, 0.15) is 40.5 Å². The monoisotopic (exact) mass is 350 g/mol. The highest BCUT2D eigenvalue weighted by atomic mass is 35.5. The van der Waals surface area contributed by atoms with Crippen LogP contribution in [-0.4, -0.2) is 10.9 Å². The van der Waals surface area contributed by atoms with Crippen molar-refractivity contribution in [1.82, 2.24) is 10.3 Å². The average Bonchev–Trinajstić information content (AvgIpc) is 2.99. The van der Waals surface area contributed by atoms with Crippen molar-refractivity contribution < 1.29 is 9.21 Å². The zero-order chi connectivity index (χ0) is 16.7. The van der Waals surface area contributed by atoms with Crippen molar-refractivity contribution in [2.24, 2.45) is 0 Å². The Balaban J connectivity index is 1.89. The van der Waals surface area contributed by atoms with Crippen LogP contribution in [0.15, 0.2) is 28.7 Å². The van der Waals surface area contributed by atoms with Crippen LogP contribution in [-0.2, 0) is 0 Å². The van der Waals surface area contributed by atoms with Crippen molar-refractivity contribution in [2.75, 3.05) is 0 Å². The van der Waals surface area contributed by atoms with Gasteiger partial charge in [0, 0.05) is 21.5 Å². The maximum atomic E-state index is 12.5. The standard InChI is InChI=1S/C17H16Cl2N2O2/c1-8-6-12(10(3)23-8)9(2)20-17(22)16-15(19)13-7-11(18)4-5-14(13)21-16/h4-7,9,21H,1-3H3,(H,20,22). The van der Waals surface area contributed by atoms with Crippen LogP contribution in [0.2, 0.25) is 10.0 Å². The van der Waals surface area contributed by atoms with Gasteiger partial charge in [0.1, 0.15) is 17.2 Å². The Morgan fingerprint density at radius 2 is 2.00 bits per heavy atom. The molecule has 4 nitrogen and oxygen atoms in total. The van der Waals surface area contributed by atoms with E-state index in [-0.39, 0.29) is 11.9 Å². The number of hydrogen-bond donors (Lipinski definition) is 2. The third kappa shape index (κ3) is 2.96. The Morgan fingerprint density at radius 1 is 1.26 bits per heavy atom. The highest BCUT2D eigenvalue weighted by Crippen LogP contribution is 2.30. The Bertz CT molecular complexity index is 896. The molecule has 1 amide bonds. The normalized spacial score (nSPS) is 12.6. The number of carbonyl (C=O) groups is 1. The van der Waals surface area contributed by atoms with Gasteiger partial charge < -0.3 is 14.7 Å². The van der Waals surface area contributed by atoms with Crippen LogP contribution in [0, 0.1) is 13.8 Å². The molecule has 0 bridgehead atoms. The number of carbonyl (C=O) groups excluding carboxylic acids is 1. The molecule has 0 radical (unpaired) electrons.